The van der Waals surface area contributed by atoms with Gasteiger partial charge in [0.2, 0.25) is 0 Å². The van der Waals surface area contributed by atoms with Crippen molar-refractivity contribution in [3.8, 4) is 0 Å². The van der Waals surface area contributed by atoms with Gasteiger partial charge in [-0.15, -0.1) is 0 Å². The molecule has 0 bridgehead atoms. The molecule has 0 spiro atoms. The normalized spacial score (nSPS) is 22.0. The second kappa shape index (κ2) is 26.6. The fourth-order valence-electron chi connectivity index (χ4n) is 2.18. The topological polar surface area (TPSA) is 130 Å². The Morgan fingerprint density at radius 2 is 0.692 bits per heavy atom. The summed E-state index contributed by atoms with van der Waals surface area (Å²) in [4.78, 5) is 0. The van der Waals surface area contributed by atoms with Crippen LogP contribution in [-0.4, -0.2) is 43.7 Å². The molecule has 14 heteroatoms. The zero-order valence-electron chi connectivity index (χ0n) is 13.3. The molecule has 0 saturated heterocycles. The average molecular weight is 858 g/mol. The van der Waals surface area contributed by atoms with Crippen molar-refractivity contribution in [3.63, 3.8) is 0 Å². The molecule has 2 saturated carbocycles. The summed E-state index contributed by atoms with van der Waals surface area (Å²) in [5.41, 5.74) is 2.09. The van der Waals surface area contributed by atoms with Crippen LogP contribution in [0.15, 0.2) is 20.6 Å². The van der Waals surface area contributed by atoms with Gasteiger partial charge in [-0.3, -0.25) is 0 Å². The van der Waals surface area contributed by atoms with Crippen LogP contribution in [0.1, 0.15) is 51.4 Å². The molecule has 0 unspecified atom stereocenters. The Morgan fingerprint density at radius 1 is 0.538 bits per heavy atom. The summed E-state index contributed by atoms with van der Waals surface area (Å²) in [7, 11) is 0. The Labute approximate surface area is 212 Å². The van der Waals surface area contributed by atoms with Gasteiger partial charge in [0.1, 0.15) is 22.8 Å². The summed E-state index contributed by atoms with van der Waals surface area (Å²) in [6, 6.07) is 0. The molecule has 166 valence electrons. The Balaban J connectivity index is -0.000000316. The minimum atomic E-state index is 0.522. The van der Waals surface area contributed by atoms with E-state index in [4.69, 9.17) is 20.8 Å². The van der Waals surface area contributed by atoms with Gasteiger partial charge in [-0.05, 0) is 51.4 Å². The number of nitrogens with zero attached hydrogens (tertiary/aromatic N) is 4. The Morgan fingerprint density at radius 3 is 0.808 bits per heavy atom. The van der Waals surface area contributed by atoms with Crippen molar-refractivity contribution in [1.82, 2.24) is 0 Å². The second-order valence-corrected chi connectivity index (χ2v) is 4.60. The monoisotopic (exact) mass is 856 g/mol. The Bertz CT molecular complexity index is 375. The van der Waals surface area contributed by atoms with Crippen LogP contribution in [0, 0.1) is 0 Å². The molecule has 0 amide bonds. The number of oxime groups is 4. The van der Waals surface area contributed by atoms with Crippen molar-refractivity contribution in [2.75, 3.05) is 0 Å². The first-order valence-corrected chi connectivity index (χ1v) is 16.6. The molecule has 2 fully saturated rings. The van der Waals surface area contributed by atoms with Crippen molar-refractivity contribution in [1.29, 1.82) is 0 Å². The van der Waals surface area contributed by atoms with E-state index < -0.39 is 0 Å². The van der Waals surface area contributed by atoms with Crippen molar-refractivity contribution in [2.24, 2.45) is 20.6 Å². The van der Waals surface area contributed by atoms with Crippen LogP contribution in [0.25, 0.3) is 0 Å². The fourth-order valence-corrected chi connectivity index (χ4v) is 2.18. The molecule has 4 N–H and O–H groups in total. The zero-order valence-corrected chi connectivity index (χ0v) is 23.0. The molecule has 0 atom stereocenters. The van der Waals surface area contributed by atoms with E-state index in [2.05, 4.69) is 58.9 Å². The van der Waals surface area contributed by atoms with E-state index >= 15 is 0 Å². The first-order chi connectivity index (χ1) is 12.8. The Hall–Kier alpha value is 1.63. The summed E-state index contributed by atoms with van der Waals surface area (Å²) < 4.78 is 0. The molecule has 0 aromatic carbocycles. The van der Waals surface area contributed by atoms with Gasteiger partial charge in [0.05, 0.1) is 0 Å². The van der Waals surface area contributed by atoms with Gasteiger partial charge in [-0.2, -0.15) is 0 Å². The van der Waals surface area contributed by atoms with Crippen molar-refractivity contribution >= 4 is 43.2 Å². The number of hydrogen-bond acceptors (Lipinski definition) is 8. The first kappa shape index (κ1) is 32.3. The molecule has 0 radical (unpaired) electrons. The standard InChI is InChI=1S/2C6H10N2O2.3Cu.3HI/c2*9-7-5-3-1-2-4-6(5)8-10;;;;;;/h2*9-10H,1-4H2;;;;3*1H/q;;3*+1;;;/p-1/b2*7-5+,8-6+;;;;;;. The molecule has 0 heterocycles. The predicted octanol–water partition coefficient (Wildman–Crippen LogP) is -3.21. The number of hydrogen-bond donors (Lipinski definition) is 4. The molecule has 0 aromatic rings. The van der Waals surface area contributed by atoms with Crippen LogP contribution in [0.4, 0.5) is 0 Å². The van der Waals surface area contributed by atoms with Gasteiger partial charge in [-0.1, -0.05) is 20.6 Å². The summed E-state index contributed by atoms with van der Waals surface area (Å²) in [6.07, 6.45) is 6.92. The maximum atomic E-state index is 8.39. The van der Waals surface area contributed by atoms with E-state index in [9.17, 15) is 0 Å². The molecule has 2 aliphatic rings. The Kier molecular flexibility index (Phi) is 33.1. The van der Waals surface area contributed by atoms with Crippen LogP contribution in [-0.2, 0) is 38.3 Å². The summed E-state index contributed by atoms with van der Waals surface area (Å²) >= 11 is 17.3. The van der Waals surface area contributed by atoms with Crippen molar-refractivity contribution in [2.45, 2.75) is 51.4 Å². The third kappa shape index (κ3) is 15.5. The first-order valence-electron chi connectivity index (χ1n) is 6.97. The zero-order chi connectivity index (χ0) is 20.8. The molecular weight excluding hydrogens is 836 g/mol. The van der Waals surface area contributed by atoms with Gasteiger partial charge >= 0.3 is 99.3 Å². The molecule has 2 rings (SSSR count). The summed E-state index contributed by atoms with van der Waals surface area (Å²) in [5.74, 6) is 0. The van der Waals surface area contributed by atoms with Crippen LogP contribution >= 0.6 is 20.3 Å². The molecular formula is C12H22Cu3I3N4O4+2. The van der Waals surface area contributed by atoms with Crippen LogP contribution < -0.4 is 40.7 Å². The average Bonchev–Trinajstić information content (AvgIpc) is 2.78. The maximum absolute atomic E-state index is 8.39. The molecule has 0 aliphatic heterocycles. The van der Waals surface area contributed by atoms with Gasteiger partial charge in [0.25, 0.3) is 0 Å². The van der Waals surface area contributed by atoms with E-state index in [1.807, 2.05) is 0 Å². The SMILES string of the molecule is O/N=C1\CCCC\C1=N/O.O/N=C1\CCCC\C1=N/O.[Cu][IH+].[Cu][IH+].[Cu][I]. The van der Waals surface area contributed by atoms with Gasteiger partial charge < -0.3 is 20.8 Å². The van der Waals surface area contributed by atoms with Crippen LogP contribution in [0.5, 0.6) is 0 Å². The van der Waals surface area contributed by atoms with Gasteiger partial charge in [-0.25, -0.2) is 0 Å². The van der Waals surface area contributed by atoms with E-state index in [1.54, 1.807) is 20.3 Å². The summed E-state index contributed by atoms with van der Waals surface area (Å²) in [5, 5.41) is 45.7. The van der Waals surface area contributed by atoms with Crippen molar-refractivity contribution in [3.05, 3.63) is 0 Å². The molecule has 8 nitrogen and oxygen atoms in total. The van der Waals surface area contributed by atoms with E-state index in [1.165, 1.54) is 40.7 Å². The molecule has 26 heavy (non-hydrogen) atoms. The third-order valence-electron chi connectivity index (χ3n) is 3.30. The van der Waals surface area contributed by atoms with Gasteiger partial charge in [0.15, 0.2) is 0 Å². The molecule has 0 aromatic heterocycles. The quantitative estimate of drug-likeness (QED) is 0.0886. The van der Waals surface area contributed by atoms with Crippen LogP contribution in [0.3, 0.4) is 0 Å². The second-order valence-electron chi connectivity index (χ2n) is 4.60. The van der Waals surface area contributed by atoms with Crippen molar-refractivity contribution < 1.29 is 99.8 Å². The van der Waals surface area contributed by atoms with Gasteiger partial charge in [0, 0.05) is 0 Å². The third-order valence-corrected chi connectivity index (χ3v) is 3.30. The molecule has 2 aliphatic carbocycles. The number of rotatable bonds is 0. The predicted molar refractivity (Wildman–Crippen MR) is 90.6 cm³/mol. The fraction of sp³-hybridized carbons (Fsp3) is 0.667. The number of halogens is 3. The van der Waals surface area contributed by atoms with Crippen LogP contribution in [0.2, 0.25) is 0 Å². The van der Waals surface area contributed by atoms with E-state index in [-0.39, 0.29) is 0 Å². The van der Waals surface area contributed by atoms with E-state index in [0.717, 1.165) is 51.4 Å². The van der Waals surface area contributed by atoms with E-state index in [0.29, 0.717) is 22.8 Å². The minimum absolute atomic E-state index is 0.522. The summed E-state index contributed by atoms with van der Waals surface area (Å²) in [6.45, 7) is 0.